The lowest BCUT2D eigenvalue weighted by atomic mass is 10.1. The van der Waals surface area contributed by atoms with Crippen LogP contribution < -0.4 is 9.64 Å². The molecule has 0 unspecified atom stereocenters. The third-order valence-corrected chi connectivity index (χ3v) is 5.87. The van der Waals surface area contributed by atoms with E-state index in [9.17, 15) is 0 Å². The van der Waals surface area contributed by atoms with Gasteiger partial charge in [-0.3, -0.25) is 4.90 Å². The molecule has 158 valence electrons. The molecule has 0 saturated carbocycles. The van der Waals surface area contributed by atoms with Gasteiger partial charge in [0.1, 0.15) is 5.75 Å². The lowest BCUT2D eigenvalue weighted by Gasteiger charge is -2.36. The van der Waals surface area contributed by atoms with Crippen LogP contribution in [0.25, 0.3) is 10.9 Å². The Bertz CT molecular complexity index is 1000. The Kier molecular flexibility index (Phi) is 7.62. The molecular weight excluding hydrogens is 396 g/mol. The van der Waals surface area contributed by atoms with Gasteiger partial charge in [0.25, 0.3) is 0 Å². The monoisotopic (exact) mass is 424 g/mol. The maximum atomic E-state index is 9.13. The quantitative estimate of drug-likeness (QED) is 0.562. The molecule has 0 spiro atoms. The lowest BCUT2D eigenvalue weighted by molar-refractivity contribution is 0.252. The predicted molar refractivity (Wildman–Crippen MR) is 125 cm³/mol. The molecule has 0 bridgehead atoms. The standard InChI is InChI=1S/C24H28N4O.ClH/c1-29-24-8-3-2-7-23(24)28-14-12-27(13-15-28)11-5-4-6-20-18-26-22-10-9-19(17-25)16-21(20)22;/h2-3,7-10,16,18,26H,4-6,11-15H2,1H3;1H. The highest BCUT2D eigenvalue weighted by atomic mass is 35.5. The fraction of sp³-hybridized carbons (Fsp3) is 0.375. The Morgan fingerprint density at radius 3 is 2.63 bits per heavy atom. The number of aromatic amines is 1. The fourth-order valence-electron chi connectivity index (χ4n) is 4.21. The molecule has 1 N–H and O–H groups in total. The molecule has 1 aromatic heterocycles. The van der Waals surface area contributed by atoms with E-state index in [4.69, 9.17) is 10.00 Å². The van der Waals surface area contributed by atoms with Crippen molar-refractivity contribution in [3.63, 3.8) is 0 Å². The number of hydrogen-bond donors (Lipinski definition) is 1. The van der Waals surface area contributed by atoms with E-state index in [1.165, 1.54) is 23.1 Å². The maximum absolute atomic E-state index is 9.13. The summed E-state index contributed by atoms with van der Waals surface area (Å²) < 4.78 is 5.51. The van der Waals surface area contributed by atoms with E-state index < -0.39 is 0 Å². The van der Waals surface area contributed by atoms with E-state index >= 15 is 0 Å². The molecular formula is C24H29ClN4O. The molecule has 0 aliphatic carbocycles. The molecule has 3 aromatic rings. The first-order valence-corrected chi connectivity index (χ1v) is 10.4. The number of benzene rings is 2. The Labute approximate surface area is 184 Å². The molecule has 1 aliphatic rings. The summed E-state index contributed by atoms with van der Waals surface area (Å²) in [5.41, 5.74) is 4.36. The fourth-order valence-corrected chi connectivity index (χ4v) is 4.21. The number of aromatic nitrogens is 1. The molecule has 1 fully saturated rings. The van der Waals surface area contributed by atoms with Crippen LogP contribution in [0.15, 0.2) is 48.7 Å². The van der Waals surface area contributed by atoms with Crippen molar-refractivity contribution in [2.75, 3.05) is 44.7 Å². The minimum Gasteiger partial charge on any atom is -0.495 e. The summed E-state index contributed by atoms with van der Waals surface area (Å²) in [4.78, 5) is 8.31. The van der Waals surface area contributed by atoms with Gasteiger partial charge in [0.05, 0.1) is 24.4 Å². The topological polar surface area (TPSA) is 55.3 Å². The van der Waals surface area contributed by atoms with Crippen molar-refractivity contribution in [1.29, 1.82) is 5.26 Å². The second-order valence-corrected chi connectivity index (χ2v) is 7.64. The van der Waals surface area contributed by atoms with E-state index in [-0.39, 0.29) is 12.4 Å². The summed E-state index contributed by atoms with van der Waals surface area (Å²) in [7, 11) is 1.74. The average molecular weight is 425 g/mol. The first kappa shape index (κ1) is 22.0. The first-order chi connectivity index (χ1) is 14.3. The van der Waals surface area contributed by atoms with Gasteiger partial charge in [0, 0.05) is 43.3 Å². The van der Waals surface area contributed by atoms with Crippen molar-refractivity contribution in [1.82, 2.24) is 9.88 Å². The molecule has 0 amide bonds. The van der Waals surface area contributed by atoms with Crippen molar-refractivity contribution in [3.05, 3.63) is 59.8 Å². The Balaban J connectivity index is 0.00000256. The molecule has 0 radical (unpaired) electrons. The highest BCUT2D eigenvalue weighted by Gasteiger charge is 2.19. The Morgan fingerprint density at radius 1 is 1.07 bits per heavy atom. The number of nitrogens with zero attached hydrogens (tertiary/aromatic N) is 3. The van der Waals surface area contributed by atoms with Gasteiger partial charge in [-0.25, -0.2) is 0 Å². The third kappa shape index (κ3) is 4.89. The number of para-hydroxylation sites is 2. The number of piperazine rings is 1. The molecule has 2 aromatic carbocycles. The highest BCUT2D eigenvalue weighted by molar-refractivity contribution is 5.85. The average Bonchev–Trinajstić information content (AvgIpc) is 3.19. The second kappa shape index (κ2) is 10.4. The predicted octanol–water partition coefficient (Wildman–Crippen LogP) is 4.61. The Hall–Kier alpha value is -2.68. The van der Waals surface area contributed by atoms with E-state index in [1.54, 1.807) is 7.11 Å². The number of hydrogen-bond acceptors (Lipinski definition) is 4. The van der Waals surface area contributed by atoms with E-state index in [2.05, 4.69) is 39.2 Å². The van der Waals surface area contributed by atoms with Crippen LogP contribution in [-0.2, 0) is 6.42 Å². The Morgan fingerprint density at radius 2 is 1.87 bits per heavy atom. The van der Waals surface area contributed by atoms with Crippen LogP contribution in [0, 0.1) is 11.3 Å². The van der Waals surface area contributed by atoms with E-state index in [1.807, 2.05) is 30.3 Å². The van der Waals surface area contributed by atoms with E-state index in [0.717, 1.165) is 62.4 Å². The summed E-state index contributed by atoms with van der Waals surface area (Å²) in [6.45, 7) is 5.42. The number of aryl methyl sites for hydroxylation is 1. The number of nitrogens with one attached hydrogen (secondary N) is 1. The molecule has 6 heteroatoms. The van der Waals surface area contributed by atoms with Crippen LogP contribution in [-0.4, -0.2) is 49.7 Å². The number of nitriles is 1. The van der Waals surface area contributed by atoms with Gasteiger partial charge >= 0.3 is 0 Å². The normalized spacial score (nSPS) is 14.3. The minimum absolute atomic E-state index is 0. The van der Waals surface area contributed by atoms with Gasteiger partial charge in [-0.05, 0) is 61.7 Å². The number of H-pyrrole nitrogens is 1. The van der Waals surface area contributed by atoms with E-state index in [0.29, 0.717) is 0 Å². The number of methoxy groups -OCH3 is 1. The number of unbranched alkanes of at least 4 members (excludes halogenated alkanes) is 1. The third-order valence-electron chi connectivity index (χ3n) is 5.87. The van der Waals surface area contributed by atoms with Gasteiger partial charge < -0.3 is 14.6 Å². The van der Waals surface area contributed by atoms with Crippen LogP contribution >= 0.6 is 12.4 Å². The summed E-state index contributed by atoms with van der Waals surface area (Å²) in [5, 5.41) is 10.3. The lowest BCUT2D eigenvalue weighted by Crippen LogP contribution is -2.46. The molecule has 2 heterocycles. The first-order valence-electron chi connectivity index (χ1n) is 10.4. The van der Waals surface area contributed by atoms with Crippen LogP contribution in [0.4, 0.5) is 5.69 Å². The van der Waals surface area contributed by atoms with Gasteiger partial charge in [-0.1, -0.05) is 12.1 Å². The second-order valence-electron chi connectivity index (χ2n) is 7.64. The number of ether oxygens (including phenoxy) is 1. The van der Waals surface area contributed by atoms with Crippen molar-refractivity contribution in [3.8, 4) is 11.8 Å². The van der Waals surface area contributed by atoms with Crippen LogP contribution in [0.5, 0.6) is 5.75 Å². The van der Waals surface area contributed by atoms with Crippen LogP contribution in [0.2, 0.25) is 0 Å². The summed E-state index contributed by atoms with van der Waals surface area (Å²) in [6.07, 6.45) is 5.50. The molecule has 4 rings (SSSR count). The largest absolute Gasteiger partial charge is 0.495 e. The van der Waals surface area contributed by atoms with Gasteiger partial charge in [-0.15, -0.1) is 12.4 Å². The smallest absolute Gasteiger partial charge is 0.142 e. The highest BCUT2D eigenvalue weighted by Crippen LogP contribution is 2.28. The molecule has 0 atom stereocenters. The van der Waals surface area contributed by atoms with Crippen LogP contribution in [0.3, 0.4) is 0 Å². The molecule has 5 nitrogen and oxygen atoms in total. The summed E-state index contributed by atoms with van der Waals surface area (Å²) in [5.74, 6) is 0.958. The van der Waals surface area contributed by atoms with Crippen LogP contribution in [0.1, 0.15) is 24.0 Å². The molecule has 1 aliphatic heterocycles. The van der Waals surface area contributed by atoms with Gasteiger partial charge in [-0.2, -0.15) is 5.26 Å². The van der Waals surface area contributed by atoms with Gasteiger partial charge in [0.2, 0.25) is 0 Å². The molecule has 30 heavy (non-hydrogen) atoms. The zero-order valence-corrected chi connectivity index (χ0v) is 18.3. The van der Waals surface area contributed by atoms with Crippen molar-refractivity contribution in [2.45, 2.75) is 19.3 Å². The zero-order valence-electron chi connectivity index (χ0n) is 17.4. The summed E-state index contributed by atoms with van der Waals surface area (Å²) >= 11 is 0. The number of fused-ring (bicyclic) bond motifs is 1. The van der Waals surface area contributed by atoms with Crippen molar-refractivity contribution >= 4 is 29.0 Å². The van der Waals surface area contributed by atoms with Gasteiger partial charge in [0.15, 0.2) is 0 Å². The SMILES string of the molecule is COc1ccccc1N1CCN(CCCCc2c[nH]c3ccc(C#N)cc23)CC1.Cl. The number of anilines is 1. The maximum Gasteiger partial charge on any atom is 0.142 e. The van der Waals surface area contributed by atoms with Crippen molar-refractivity contribution in [2.24, 2.45) is 0 Å². The zero-order chi connectivity index (χ0) is 20.1. The number of rotatable bonds is 7. The minimum atomic E-state index is 0. The summed E-state index contributed by atoms with van der Waals surface area (Å²) in [6, 6.07) is 16.4. The van der Waals surface area contributed by atoms with Crippen molar-refractivity contribution < 1.29 is 4.74 Å². The molecule has 1 saturated heterocycles. The number of halogens is 1.